The van der Waals surface area contributed by atoms with E-state index in [-0.39, 0.29) is 5.91 Å². The molecule has 1 N–H and O–H groups in total. The summed E-state index contributed by atoms with van der Waals surface area (Å²) in [7, 11) is 1.60. The maximum atomic E-state index is 12.2. The van der Waals surface area contributed by atoms with E-state index in [0.29, 0.717) is 17.9 Å². The quantitative estimate of drug-likeness (QED) is 0.798. The molecule has 4 nitrogen and oxygen atoms in total. The molecule has 0 aliphatic carbocycles. The van der Waals surface area contributed by atoms with E-state index in [1.54, 1.807) is 13.2 Å². The SMILES string of the molecule is COc1ccc(Br)c(C(=O)NCCCN2CCCCC2)c1. The van der Waals surface area contributed by atoms with Gasteiger partial charge in [0, 0.05) is 11.0 Å². The molecule has 1 aliphatic rings. The van der Waals surface area contributed by atoms with Gasteiger partial charge in [-0.15, -0.1) is 0 Å². The fourth-order valence-corrected chi connectivity index (χ4v) is 3.01. The summed E-state index contributed by atoms with van der Waals surface area (Å²) in [6.07, 6.45) is 4.97. The molecule has 1 aliphatic heterocycles. The zero-order valence-electron chi connectivity index (χ0n) is 12.5. The lowest BCUT2D eigenvalue weighted by atomic mass is 10.1. The predicted octanol–water partition coefficient (Wildman–Crippen LogP) is 3.06. The van der Waals surface area contributed by atoms with Crippen LogP contribution in [0.1, 0.15) is 36.0 Å². The number of hydrogen-bond acceptors (Lipinski definition) is 3. The first-order valence-electron chi connectivity index (χ1n) is 7.55. The lowest BCUT2D eigenvalue weighted by Gasteiger charge is -2.26. The maximum Gasteiger partial charge on any atom is 0.252 e. The second kappa shape index (κ2) is 8.39. The summed E-state index contributed by atoms with van der Waals surface area (Å²) in [5.41, 5.74) is 0.618. The topological polar surface area (TPSA) is 41.6 Å². The molecular weight excluding hydrogens is 332 g/mol. The molecule has 21 heavy (non-hydrogen) atoms. The first-order valence-corrected chi connectivity index (χ1v) is 8.34. The smallest absolute Gasteiger partial charge is 0.252 e. The van der Waals surface area contributed by atoms with Gasteiger partial charge in [0.25, 0.3) is 5.91 Å². The van der Waals surface area contributed by atoms with Gasteiger partial charge in [0.2, 0.25) is 0 Å². The van der Waals surface area contributed by atoms with Crippen LogP contribution in [0.4, 0.5) is 0 Å². The number of hydrogen-bond donors (Lipinski definition) is 1. The minimum atomic E-state index is -0.0561. The molecule has 1 heterocycles. The van der Waals surface area contributed by atoms with Crippen molar-refractivity contribution >= 4 is 21.8 Å². The van der Waals surface area contributed by atoms with Gasteiger partial charge >= 0.3 is 0 Å². The highest BCUT2D eigenvalue weighted by atomic mass is 79.9. The van der Waals surface area contributed by atoms with Gasteiger partial charge < -0.3 is 15.0 Å². The minimum Gasteiger partial charge on any atom is -0.497 e. The van der Waals surface area contributed by atoms with E-state index in [1.165, 1.54) is 32.4 Å². The standard InChI is InChI=1S/C16H23BrN2O2/c1-21-13-6-7-15(17)14(12-13)16(20)18-8-5-11-19-9-3-2-4-10-19/h6-7,12H,2-5,8-11H2,1H3,(H,18,20). The molecule has 0 radical (unpaired) electrons. The van der Waals surface area contributed by atoms with Gasteiger partial charge in [-0.2, -0.15) is 0 Å². The number of carbonyl (C=O) groups excluding carboxylic acids is 1. The first-order chi connectivity index (χ1) is 10.2. The number of amides is 1. The van der Waals surface area contributed by atoms with E-state index >= 15 is 0 Å². The third-order valence-electron chi connectivity index (χ3n) is 3.80. The lowest BCUT2D eigenvalue weighted by Crippen LogP contribution is -2.33. The molecule has 0 spiro atoms. The van der Waals surface area contributed by atoms with Crippen LogP contribution >= 0.6 is 15.9 Å². The van der Waals surface area contributed by atoms with Crippen molar-refractivity contribution in [3.8, 4) is 5.75 Å². The van der Waals surface area contributed by atoms with Crippen molar-refractivity contribution in [3.63, 3.8) is 0 Å². The summed E-state index contributed by atoms with van der Waals surface area (Å²) in [5.74, 6) is 0.635. The lowest BCUT2D eigenvalue weighted by molar-refractivity contribution is 0.0950. The van der Waals surface area contributed by atoms with E-state index in [0.717, 1.165) is 17.4 Å². The fourth-order valence-electron chi connectivity index (χ4n) is 2.59. The number of methoxy groups -OCH3 is 1. The Balaban J connectivity index is 1.76. The summed E-state index contributed by atoms with van der Waals surface area (Å²) < 4.78 is 5.95. The summed E-state index contributed by atoms with van der Waals surface area (Å²) in [4.78, 5) is 14.7. The molecule has 0 bridgehead atoms. The molecule has 1 saturated heterocycles. The number of likely N-dealkylation sites (tertiary alicyclic amines) is 1. The van der Waals surface area contributed by atoms with Gasteiger partial charge in [-0.25, -0.2) is 0 Å². The zero-order valence-corrected chi connectivity index (χ0v) is 14.1. The summed E-state index contributed by atoms with van der Waals surface area (Å²) >= 11 is 3.41. The molecule has 2 rings (SSSR count). The number of carbonyl (C=O) groups is 1. The fraction of sp³-hybridized carbons (Fsp3) is 0.562. The predicted molar refractivity (Wildman–Crippen MR) is 87.9 cm³/mol. The number of nitrogens with one attached hydrogen (secondary N) is 1. The largest absolute Gasteiger partial charge is 0.497 e. The van der Waals surface area contributed by atoms with Crippen molar-refractivity contribution < 1.29 is 9.53 Å². The van der Waals surface area contributed by atoms with Gasteiger partial charge in [0.05, 0.1) is 12.7 Å². The molecular formula is C16H23BrN2O2. The van der Waals surface area contributed by atoms with Crippen LogP contribution in [0.25, 0.3) is 0 Å². The molecule has 1 aromatic rings. The number of benzene rings is 1. The molecule has 1 fully saturated rings. The third kappa shape index (κ3) is 5.00. The van der Waals surface area contributed by atoms with Gasteiger partial charge in [-0.05, 0) is 73.0 Å². The normalized spacial score (nSPS) is 15.7. The number of rotatable bonds is 6. The van der Waals surface area contributed by atoms with Crippen molar-refractivity contribution in [3.05, 3.63) is 28.2 Å². The van der Waals surface area contributed by atoms with Crippen LogP contribution in [0.15, 0.2) is 22.7 Å². The van der Waals surface area contributed by atoms with E-state index in [9.17, 15) is 4.79 Å². The Morgan fingerprint density at radius 2 is 2.10 bits per heavy atom. The van der Waals surface area contributed by atoms with Crippen molar-refractivity contribution in [2.75, 3.05) is 33.3 Å². The van der Waals surface area contributed by atoms with Gasteiger partial charge in [0.15, 0.2) is 0 Å². The Hall–Kier alpha value is -1.07. The van der Waals surface area contributed by atoms with E-state index in [1.807, 2.05) is 12.1 Å². The highest BCUT2D eigenvalue weighted by Crippen LogP contribution is 2.22. The molecule has 116 valence electrons. The molecule has 0 atom stereocenters. The van der Waals surface area contributed by atoms with E-state index in [4.69, 9.17) is 4.74 Å². The van der Waals surface area contributed by atoms with Crippen LogP contribution in [0, 0.1) is 0 Å². The number of nitrogens with zero attached hydrogens (tertiary/aromatic N) is 1. The van der Waals surface area contributed by atoms with Crippen LogP contribution in [0.5, 0.6) is 5.75 Å². The van der Waals surface area contributed by atoms with Crippen molar-refractivity contribution in [2.24, 2.45) is 0 Å². The van der Waals surface area contributed by atoms with Crippen LogP contribution in [-0.2, 0) is 0 Å². The Labute approximate surface area is 135 Å². The summed E-state index contributed by atoms with van der Waals surface area (Å²) in [6, 6.07) is 5.42. The summed E-state index contributed by atoms with van der Waals surface area (Å²) in [6.45, 7) is 4.18. The molecule has 0 saturated carbocycles. The number of ether oxygens (including phenoxy) is 1. The van der Waals surface area contributed by atoms with Gasteiger partial charge in [0.1, 0.15) is 5.75 Å². The van der Waals surface area contributed by atoms with Crippen LogP contribution in [0.2, 0.25) is 0 Å². The Morgan fingerprint density at radius 1 is 1.33 bits per heavy atom. The Kier molecular flexibility index (Phi) is 6.51. The molecule has 0 aromatic heterocycles. The second-order valence-electron chi connectivity index (χ2n) is 5.36. The number of piperidine rings is 1. The van der Waals surface area contributed by atoms with Crippen molar-refractivity contribution in [1.29, 1.82) is 0 Å². The monoisotopic (exact) mass is 354 g/mol. The maximum absolute atomic E-state index is 12.2. The van der Waals surface area contributed by atoms with E-state index in [2.05, 4.69) is 26.1 Å². The molecule has 5 heteroatoms. The van der Waals surface area contributed by atoms with E-state index < -0.39 is 0 Å². The second-order valence-corrected chi connectivity index (χ2v) is 6.21. The van der Waals surface area contributed by atoms with Crippen molar-refractivity contribution in [1.82, 2.24) is 10.2 Å². The van der Waals surface area contributed by atoms with Crippen LogP contribution in [0.3, 0.4) is 0 Å². The average molecular weight is 355 g/mol. The summed E-state index contributed by atoms with van der Waals surface area (Å²) in [5, 5.41) is 2.98. The molecule has 1 aromatic carbocycles. The van der Waals surface area contributed by atoms with Crippen molar-refractivity contribution in [2.45, 2.75) is 25.7 Å². The number of halogens is 1. The molecule has 1 amide bonds. The van der Waals surface area contributed by atoms with Gasteiger partial charge in [-0.3, -0.25) is 4.79 Å². The van der Waals surface area contributed by atoms with Gasteiger partial charge in [-0.1, -0.05) is 6.42 Å². The third-order valence-corrected chi connectivity index (χ3v) is 4.50. The molecule has 0 unspecified atom stereocenters. The minimum absolute atomic E-state index is 0.0561. The Morgan fingerprint density at radius 3 is 2.81 bits per heavy atom. The van der Waals surface area contributed by atoms with Crippen LogP contribution in [-0.4, -0.2) is 44.1 Å². The Bertz CT molecular complexity index is 473. The zero-order chi connectivity index (χ0) is 15.1. The average Bonchev–Trinajstić information content (AvgIpc) is 2.53. The highest BCUT2D eigenvalue weighted by molar-refractivity contribution is 9.10. The highest BCUT2D eigenvalue weighted by Gasteiger charge is 2.12. The van der Waals surface area contributed by atoms with Crippen LogP contribution < -0.4 is 10.1 Å². The first kappa shape index (κ1) is 16.3.